The van der Waals surface area contributed by atoms with Crippen molar-refractivity contribution in [1.82, 2.24) is 0 Å². The predicted molar refractivity (Wildman–Crippen MR) is 94.0 cm³/mol. The van der Waals surface area contributed by atoms with Gasteiger partial charge in [0.05, 0.1) is 11.6 Å². The van der Waals surface area contributed by atoms with E-state index >= 15 is 0 Å². The van der Waals surface area contributed by atoms with Crippen molar-refractivity contribution in [1.29, 1.82) is 0 Å². The summed E-state index contributed by atoms with van der Waals surface area (Å²) in [6.07, 6.45) is 0. The minimum Gasteiger partial charge on any atom is -0.267 e. The zero-order valence-corrected chi connectivity index (χ0v) is 13.9. The molecule has 0 amide bonds. The van der Waals surface area contributed by atoms with Crippen LogP contribution in [0, 0.1) is 0 Å². The first-order valence-electron chi connectivity index (χ1n) is 7.28. The first kappa shape index (κ1) is 14.7. The van der Waals surface area contributed by atoms with Crippen LogP contribution in [0.25, 0.3) is 32.3 Å². The Bertz CT molecular complexity index is 1130. The lowest BCUT2D eigenvalue weighted by Gasteiger charge is -2.15. The van der Waals surface area contributed by atoms with E-state index in [0.29, 0.717) is 5.39 Å². The summed E-state index contributed by atoms with van der Waals surface area (Å²) in [5.41, 5.74) is 0. The van der Waals surface area contributed by atoms with Gasteiger partial charge in [-0.1, -0.05) is 54.1 Å². The molecule has 0 unspecified atom stereocenters. The second-order valence-corrected chi connectivity index (χ2v) is 7.36. The summed E-state index contributed by atoms with van der Waals surface area (Å²) < 4.78 is 30.0. The molecule has 0 N–H and O–H groups in total. The lowest BCUT2D eigenvalue weighted by molar-refractivity contribution is 0.338. The van der Waals surface area contributed by atoms with Crippen LogP contribution in [-0.2, 0) is 14.3 Å². The molecule has 0 aliphatic heterocycles. The molecule has 0 aliphatic rings. The quantitative estimate of drug-likeness (QED) is 0.389. The average Bonchev–Trinajstić information content (AvgIpc) is 2.51. The Balaban J connectivity index is 2.27. The van der Waals surface area contributed by atoms with Crippen LogP contribution < -0.4 is 0 Å². The second kappa shape index (κ2) is 5.06. The molecule has 0 saturated heterocycles. The highest BCUT2D eigenvalue weighted by atomic mass is 35.5. The maximum atomic E-state index is 12.5. The Morgan fingerprint density at radius 2 is 1.61 bits per heavy atom. The molecule has 0 aliphatic carbocycles. The second-order valence-electron chi connectivity index (χ2n) is 5.40. The summed E-state index contributed by atoms with van der Waals surface area (Å²) in [6, 6.07) is 15.4. The van der Waals surface area contributed by atoms with Crippen molar-refractivity contribution < 1.29 is 12.6 Å². The van der Waals surface area contributed by atoms with E-state index in [9.17, 15) is 8.42 Å². The monoisotopic (exact) mass is 344 g/mol. The minimum absolute atomic E-state index is 0.0479. The van der Waals surface area contributed by atoms with Crippen LogP contribution in [0.4, 0.5) is 0 Å². The van der Waals surface area contributed by atoms with Gasteiger partial charge >= 0.3 is 0 Å². The fraction of sp³-hybridized carbons (Fsp3) is 0.111. The molecule has 4 aromatic rings. The van der Waals surface area contributed by atoms with Crippen LogP contribution in [0.15, 0.2) is 53.4 Å². The molecule has 0 bridgehead atoms. The van der Waals surface area contributed by atoms with Crippen molar-refractivity contribution in [3.05, 3.63) is 53.6 Å². The van der Waals surface area contributed by atoms with Gasteiger partial charge in [-0.05, 0) is 39.9 Å². The molecule has 0 heterocycles. The molecule has 4 rings (SSSR count). The third-order valence-electron chi connectivity index (χ3n) is 4.08. The maximum absolute atomic E-state index is 12.5. The normalized spacial score (nSPS) is 12.6. The van der Waals surface area contributed by atoms with Crippen LogP contribution in [-0.4, -0.2) is 15.0 Å². The van der Waals surface area contributed by atoms with Gasteiger partial charge < -0.3 is 0 Å². The van der Waals surface area contributed by atoms with E-state index in [1.807, 2.05) is 42.5 Å². The highest BCUT2D eigenvalue weighted by Crippen LogP contribution is 2.40. The number of benzene rings is 4. The molecule has 23 heavy (non-hydrogen) atoms. The molecule has 116 valence electrons. The molecule has 0 spiro atoms. The Hall–Kier alpha value is -1.88. The van der Waals surface area contributed by atoms with Gasteiger partial charge in [-0.25, -0.2) is 0 Å². The smallest absolute Gasteiger partial charge is 0.267 e. The van der Waals surface area contributed by atoms with E-state index < -0.39 is 10.1 Å². The third-order valence-corrected chi connectivity index (χ3v) is 5.97. The summed E-state index contributed by atoms with van der Waals surface area (Å²) in [5, 5.41) is 5.81. The Kier molecular flexibility index (Phi) is 3.23. The van der Waals surface area contributed by atoms with E-state index in [1.165, 1.54) is 0 Å². The summed E-state index contributed by atoms with van der Waals surface area (Å²) >= 11 is 6.29. The Morgan fingerprint density at radius 3 is 2.30 bits per heavy atom. The molecular weight excluding hydrogens is 332 g/mol. The molecule has 4 aromatic carbocycles. The number of halogens is 1. The minimum atomic E-state index is -3.90. The van der Waals surface area contributed by atoms with Crippen molar-refractivity contribution >= 4 is 54.0 Å². The zero-order valence-electron chi connectivity index (χ0n) is 12.3. The zero-order chi connectivity index (χ0) is 16.2. The largest absolute Gasteiger partial charge is 0.299 e. The van der Waals surface area contributed by atoms with Crippen molar-refractivity contribution in [3.63, 3.8) is 0 Å². The first-order valence-corrected chi connectivity index (χ1v) is 9.07. The predicted octanol–water partition coefficient (Wildman–Crippen LogP) is 4.96. The highest BCUT2D eigenvalue weighted by Gasteiger charge is 2.24. The van der Waals surface area contributed by atoms with E-state index in [2.05, 4.69) is 0 Å². The molecule has 0 radical (unpaired) electrons. The van der Waals surface area contributed by atoms with Gasteiger partial charge in [0, 0.05) is 5.39 Å². The van der Waals surface area contributed by atoms with E-state index in [0.717, 1.165) is 26.9 Å². The summed E-state index contributed by atoms with van der Waals surface area (Å²) in [4.78, 5) is 0.0479. The van der Waals surface area contributed by atoms with Crippen LogP contribution in [0.1, 0.15) is 6.92 Å². The van der Waals surface area contributed by atoms with Crippen molar-refractivity contribution in [3.8, 4) is 0 Å². The molecule has 5 heteroatoms. The van der Waals surface area contributed by atoms with Gasteiger partial charge in [0.1, 0.15) is 4.90 Å². The molecule has 3 nitrogen and oxygen atoms in total. The average molecular weight is 345 g/mol. The van der Waals surface area contributed by atoms with Crippen LogP contribution in [0.2, 0.25) is 5.02 Å². The molecule has 0 aromatic heterocycles. The van der Waals surface area contributed by atoms with Crippen LogP contribution in [0.3, 0.4) is 0 Å². The SMILES string of the molecule is CCOS(=O)(=O)c1c(Cl)cc2ccc3cccc4ccc1c2c34. The first-order chi connectivity index (χ1) is 11.0. The lowest BCUT2D eigenvalue weighted by atomic mass is 9.94. The summed E-state index contributed by atoms with van der Waals surface area (Å²) in [6.45, 7) is 1.71. The Labute approximate surface area is 138 Å². The fourth-order valence-corrected chi connectivity index (χ4v) is 4.89. The molecular formula is C18H13ClO3S. The Morgan fingerprint density at radius 1 is 0.957 bits per heavy atom. The van der Waals surface area contributed by atoms with E-state index in [-0.39, 0.29) is 16.5 Å². The van der Waals surface area contributed by atoms with Gasteiger partial charge in [0.25, 0.3) is 10.1 Å². The van der Waals surface area contributed by atoms with E-state index in [4.69, 9.17) is 15.8 Å². The molecule has 0 atom stereocenters. The van der Waals surface area contributed by atoms with E-state index in [1.54, 1.807) is 13.0 Å². The molecule has 0 saturated carbocycles. The number of hydrogen-bond donors (Lipinski definition) is 0. The van der Waals surface area contributed by atoms with Crippen molar-refractivity contribution in [2.45, 2.75) is 11.8 Å². The van der Waals surface area contributed by atoms with Crippen LogP contribution in [0.5, 0.6) is 0 Å². The third kappa shape index (κ3) is 2.10. The van der Waals surface area contributed by atoms with Crippen molar-refractivity contribution in [2.24, 2.45) is 0 Å². The van der Waals surface area contributed by atoms with Gasteiger partial charge in [-0.3, -0.25) is 4.18 Å². The van der Waals surface area contributed by atoms with Crippen LogP contribution >= 0.6 is 11.6 Å². The lowest BCUT2D eigenvalue weighted by Crippen LogP contribution is -2.07. The van der Waals surface area contributed by atoms with Gasteiger partial charge in [-0.2, -0.15) is 8.42 Å². The van der Waals surface area contributed by atoms with Gasteiger partial charge in [-0.15, -0.1) is 0 Å². The standard InChI is InChI=1S/C18H13ClO3S/c1-2-22-23(20,21)18-14-9-8-12-5-3-4-11-6-7-13(10-15(18)19)17(14)16(11)12/h3-10H,2H2,1H3. The summed E-state index contributed by atoms with van der Waals surface area (Å²) in [5.74, 6) is 0. The fourth-order valence-electron chi connectivity index (χ4n) is 3.22. The topological polar surface area (TPSA) is 43.4 Å². The van der Waals surface area contributed by atoms with Gasteiger partial charge in [0.15, 0.2) is 0 Å². The van der Waals surface area contributed by atoms with Gasteiger partial charge in [0.2, 0.25) is 0 Å². The number of rotatable bonds is 3. The maximum Gasteiger partial charge on any atom is 0.299 e. The van der Waals surface area contributed by atoms with Crippen molar-refractivity contribution in [2.75, 3.05) is 6.61 Å². The highest BCUT2D eigenvalue weighted by molar-refractivity contribution is 7.87. The number of hydrogen-bond acceptors (Lipinski definition) is 3. The summed E-state index contributed by atoms with van der Waals surface area (Å²) in [7, 11) is -3.90. The molecule has 0 fully saturated rings.